The second-order valence-electron chi connectivity index (χ2n) is 6.56. The van der Waals surface area contributed by atoms with Crippen LogP contribution in [-0.4, -0.2) is 47.3 Å². The van der Waals surface area contributed by atoms with Gasteiger partial charge in [0.1, 0.15) is 21.3 Å². The molecule has 0 saturated heterocycles. The van der Waals surface area contributed by atoms with Gasteiger partial charge >= 0.3 is 5.97 Å². The van der Waals surface area contributed by atoms with Gasteiger partial charge < -0.3 is 15.0 Å². The van der Waals surface area contributed by atoms with E-state index < -0.39 is 18.5 Å². The van der Waals surface area contributed by atoms with E-state index in [0.29, 0.717) is 10.6 Å². The molecule has 1 amide bonds. The van der Waals surface area contributed by atoms with Gasteiger partial charge in [-0.15, -0.1) is 11.3 Å². The van der Waals surface area contributed by atoms with Crippen molar-refractivity contribution >= 4 is 55.0 Å². The van der Waals surface area contributed by atoms with Crippen LogP contribution in [0, 0.1) is 11.3 Å². The third kappa shape index (κ3) is 4.25. The van der Waals surface area contributed by atoms with E-state index in [-0.39, 0.29) is 11.4 Å². The number of para-hydroxylation sites is 1. The normalized spacial score (nSPS) is 10.6. The number of benzene rings is 1. The van der Waals surface area contributed by atoms with Crippen molar-refractivity contribution in [3.05, 3.63) is 53.0 Å². The first-order valence-electron chi connectivity index (χ1n) is 9.04. The first-order valence-corrected chi connectivity index (χ1v) is 10.7. The summed E-state index contributed by atoms with van der Waals surface area (Å²) in [7, 11) is 3.80. The third-order valence-corrected chi connectivity index (χ3v) is 6.45. The molecule has 1 N–H and O–H groups in total. The molecule has 4 aromatic rings. The van der Waals surface area contributed by atoms with Gasteiger partial charge in [0.15, 0.2) is 17.6 Å². The monoisotopic (exact) mass is 452 g/mol. The van der Waals surface area contributed by atoms with Gasteiger partial charge in [0.2, 0.25) is 0 Å². The largest absolute Gasteiger partial charge is 0.451 e. The molecule has 156 valence electrons. The predicted molar refractivity (Wildman–Crippen MR) is 119 cm³/mol. The summed E-state index contributed by atoms with van der Waals surface area (Å²) in [5, 5.41) is 16.9. The van der Waals surface area contributed by atoms with Crippen molar-refractivity contribution in [3.63, 3.8) is 0 Å². The number of nitriles is 1. The smallest absolute Gasteiger partial charge is 0.348 e. The molecule has 9 nitrogen and oxygen atoms in total. The molecule has 0 saturated carbocycles. The summed E-state index contributed by atoms with van der Waals surface area (Å²) >= 11 is 2.69. The van der Waals surface area contributed by atoms with Gasteiger partial charge in [0.25, 0.3) is 5.91 Å². The van der Waals surface area contributed by atoms with E-state index in [0.717, 1.165) is 14.7 Å². The van der Waals surface area contributed by atoms with Crippen LogP contribution >= 0.6 is 22.7 Å². The molecule has 0 bridgehead atoms. The van der Waals surface area contributed by atoms with E-state index in [2.05, 4.69) is 15.4 Å². The Morgan fingerprint density at radius 2 is 2.03 bits per heavy atom. The Morgan fingerprint density at radius 1 is 1.26 bits per heavy atom. The lowest BCUT2D eigenvalue weighted by Crippen LogP contribution is -2.22. The number of thiazole rings is 1. The minimum absolute atomic E-state index is 0.199. The number of carbonyl (C=O) groups is 2. The molecular weight excluding hydrogens is 436 g/mol. The maximum Gasteiger partial charge on any atom is 0.348 e. The number of amides is 1. The molecule has 1 aromatic carbocycles. The van der Waals surface area contributed by atoms with Gasteiger partial charge in [-0.2, -0.15) is 10.4 Å². The SMILES string of the molecule is CN(C)c1nc2sc(C(=O)OCC(=O)Nc3c(C#N)cnn3-c3ccccc3)cc2s1. The van der Waals surface area contributed by atoms with Crippen molar-refractivity contribution in [2.75, 3.05) is 30.9 Å². The van der Waals surface area contributed by atoms with Gasteiger partial charge in [-0.25, -0.2) is 14.5 Å². The number of hydrogen-bond acceptors (Lipinski definition) is 9. The molecule has 3 heterocycles. The average molecular weight is 453 g/mol. The van der Waals surface area contributed by atoms with Crippen LogP contribution in [0.25, 0.3) is 15.2 Å². The molecule has 0 spiro atoms. The van der Waals surface area contributed by atoms with Crippen molar-refractivity contribution in [1.82, 2.24) is 14.8 Å². The van der Waals surface area contributed by atoms with Crippen LogP contribution in [0.1, 0.15) is 15.2 Å². The molecule has 3 aromatic heterocycles. The van der Waals surface area contributed by atoms with Crippen LogP contribution in [-0.2, 0) is 9.53 Å². The molecule has 0 radical (unpaired) electrons. The summed E-state index contributed by atoms with van der Waals surface area (Å²) in [5.74, 6) is -0.963. The number of rotatable bonds is 6. The fraction of sp³-hybridized carbons (Fsp3) is 0.150. The number of esters is 1. The second-order valence-corrected chi connectivity index (χ2v) is 8.60. The highest BCUT2D eigenvalue weighted by Gasteiger charge is 2.19. The first kappa shape index (κ1) is 20.5. The van der Waals surface area contributed by atoms with Gasteiger partial charge in [-0.05, 0) is 18.2 Å². The van der Waals surface area contributed by atoms with Crippen LogP contribution in [0.2, 0.25) is 0 Å². The van der Waals surface area contributed by atoms with E-state index >= 15 is 0 Å². The first-order chi connectivity index (χ1) is 15.0. The van der Waals surface area contributed by atoms with Crippen molar-refractivity contribution in [2.45, 2.75) is 0 Å². The number of ether oxygens (including phenoxy) is 1. The molecule has 4 rings (SSSR count). The number of anilines is 2. The number of carbonyl (C=O) groups excluding carboxylic acids is 2. The Hall–Kier alpha value is -3.75. The quantitative estimate of drug-likeness (QED) is 0.447. The highest BCUT2D eigenvalue weighted by molar-refractivity contribution is 7.29. The minimum atomic E-state index is -0.603. The molecule has 0 aliphatic carbocycles. The Kier molecular flexibility index (Phi) is 5.66. The standard InChI is InChI=1S/C20H16N6O3S2/c1-25(2)20-24-18-14(31-20)8-15(30-18)19(28)29-11-16(27)23-17-12(9-21)10-22-26(17)13-6-4-3-5-7-13/h3-8,10H,11H2,1-2H3,(H,23,27). The van der Waals surface area contributed by atoms with Crippen molar-refractivity contribution in [2.24, 2.45) is 0 Å². The van der Waals surface area contributed by atoms with Crippen molar-refractivity contribution in [3.8, 4) is 11.8 Å². The third-order valence-electron chi connectivity index (χ3n) is 4.14. The second kappa shape index (κ2) is 8.55. The number of aromatic nitrogens is 3. The Balaban J connectivity index is 1.43. The van der Waals surface area contributed by atoms with Gasteiger partial charge in [0.05, 0.1) is 16.6 Å². The number of fused-ring (bicyclic) bond motifs is 1. The van der Waals surface area contributed by atoms with Gasteiger partial charge in [-0.1, -0.05) is 29.5 Å². The molecule has 11 heteroatoms. The van der Waals surface area contributed by atoms with E-state index in [1.165, 1.54) is 33.6 Å². The maximum atomic E-state index is 12.4. The maximum absolute atomic E-state index is 12.4. The van der Waals surface area contributed by atoms with Crippen LogP contribution in [0.3, 0.4) is 0 Å². The fourth-order valence-corrected chi connectivity index (χ4v) is 4.73. The Morgan fingerprint density at radius 3 is 2.71 bits per heavy atom. The summed E-state index contributed by atoms with van der Waals surface area (Å²) in [6.07, 6.45) is 1.36. The lowest BCUT2D eigenvalue weighted by Gasteiger charge is -2.09. The average Bonchev–Trinajstić information content (AvgIpc) is 3.45. The lowest BCUT2D eigenvalue weighted by molar-refractivity contribution is -0.119. The topological polar surface area (TPSA) is 113 Å². The van der Waals surface area contributed by atoms with Crippen molar-refractivity contribution in [1.29, 1.82) is 5.26 Å². The highest BCUT2D eigenvalue weighted by Crippen LogP contribution is 2.34. The molecule has 0 atom stereocenters. The van der Waals surface area contributed by atoms with E-state index in [4.69, 9.17) is 4.74 Å². The number of nitrogens with zero attached hydrogens (tertiary/aromatic N) is 5. The zero-order valence-electron chi connectivity index (χ0n) is 16.5. The van der Waals surface area contributed by atoms with Crippen LogP contribution in [0.15, 0.2) is 42.6 Å². The lowest BCUT2D eigenvalue weighted by atomic mass is 10.3. The molecule has 0 aliphatic heterocycles. The van der Waals surface area contributed by atoms with Crippen LogP contribution in [0.5, 0.6) is 0 Å². The fourth-order valence-electron chi connectivity index (χ4n) is 2.70. The van der Waals surface area contributed by atoms with E-state index in [1.54, 1.807) is 18.2 Å². The zero-order chi connectivity index (χ0) is 22.0. The number of nitrogens with one attached hydrogen (secondary N) is 1. The summed E-state index contributed by atoms with van der Waals surface area (Å²) in [6, 6.07) is 12.8. The highest BCUT2D eigenvalue weighted by atomic mass is 32.1. The Bertz CT molecular complexity index is 1270. The Labute approximate surface area is 185 Å². The molecule has 31 heavy (non-hydrogen) atoms. The summed E-state index contributed by atoms with van der Waals surface area (Å²) < 4.78 is 7.48. The van der Waals surface area contributed by atoms with E-state index in [9.17, 15) is 14.9 Å². The van der Waals surface area contributed by atoms with Crippen LogP contribution in [0.4, 0.5) is 10.9 Å². The van der Waals surface area contributed by atoms with Crippen LogP contribution < -0.4 is 10.2 Å². The number of thiophene rings is 1. The molecular formula is C20H16N6O3S2. The van der Waals surface area contributed by atoms with E-state index in [1.807, 2.05) is 43.3 Å². The van der Waals surface area contributed by atoms with Gasteiger partial charge in [-0.3, -0.25) is 4.79 Å². The molecule has 0 unspecified atom stereocenters. The molecule has 0 fully saturated rings. The number of hydrogen-bond donors (Lipinski definition) is 1. The predicted octanol–water partition coefficient (Wildman–Crippen LogP) is 3.28. The zero-order valence-corrected chi connectivity index (χ0v) is 18.2. The van der Waals surface area contributed by atoms with Crippen molar-refractivity contribution < 1.29 is 14.3 Å². The molecule has 0 aliphatic rings. The summed E-state index contributed by atoms with van der Waals surface area (Å²) in [6.45, 7) is -0.494. The van der Waals surface area contributed by atoms with Gasteiger partial charge in [0, 0.05) is 14.1 Å². The minimum Gasteiger partial charge on any atom is -0.451 e. The summed E-state index contributed by atoms with van der Waals surface area (Å²) in [4.78, 5) is 32.2. The summed E-state index contributed by atoms with van der Waals surface area (Å²) in [5.41, 5.74) is 0.879.